The van der Waals surface area contributed by atoms with Gasteiger partial charge in [-0.15, -0.1) is 0 Å². The number of hydrogen-bond acceptors (Lipinski definition) is 4. The Kier molecular flexibility index (Phi) is 4.64. The summed E-state index contributed by atoms with van der Waals surface area (Å²) in [7, 11) is 2.00. The fraction of sp³-hybridized carbons (Fsp3) is 0.500. The van der Waals surface area contributed by atoms with E-state index in [2.05, 4.69) is 15.3 Å². The molecule has 3 heterocycles. The van der Waals surface area contributed by atoms with E-state index in [1.165, 1.54) is 0 Å². The van der Waals surface area contributed by atoms with Crippen molar-refractivity contribution in [3.8, 4) is 0 Å². The number of aromatic nitrogens is 3. The number of ether oxygens (including phenoxy) is 1. The number of imidazole rings is 1. The van der Waals surface area contributed by atoms with Crippen LogP contribution in [0.1, 0.15) is 30.3 Å². The van der Waals surface area contributed by atoms with Gasteiger partial charge in [-0.1, -0.05) is 11.6 Å². The van der Waals surface area contributed by atoms with Crippen LogP contribution in [-0.2, 0) is 11.8 Å². The first-order chi connectivity index (χ1) is 10.7. The van der Waals surface area contributed by atoms with E-state index >= 15 is 0 Å². The van der Waals surface area contributed by atoms with Crippen LogP contribution < -0.4 is 5.32 Å². The van der Waals surface area contributed by atoms with Crippen LogP contribution in [0.2, 0.25) is 5.02 Å². The van der Waals surface area contributed by atoms with Crippen LogP contribution in [-0.4, -0.2) is 27.7 Å². The fourth-order valence-electron chi connectivity index (χ4n) is 2.88. The van der Waals surface area contributed by atoms with Gasteiger partial charge in [0.2, 0.25) is 0 Å². The third-order valence-electron chi connectivity index (χ3n) is 4.17. The summed E-state index contributed by atoms with van der Waals surface area (Å²) in [6.07, 6.45) is 7.74. The number of rotatable bonds is 4. The Hall–Kier alpha value is -1.59. The maximum atomic E-state index is 6.30. The molecule has 2 aromatic rings. The Bertz CT molecular complexity index is 643. The summed E-state index contributed by atoms with van der Waals surface area (Å²) in [6.45, 7) is 3.54. The summed E-state index contributed by atoms with van der Waals surface area (Å²) in [6, 6.07) is 1.91. The van der Waals surface area contributed by atoms with Crippen molar-refractivity contribution >= 4 is 17.4 Å². The van der Waals surface area contributed by atoms with E-state index in [0.717, 1.165) is 43.2 Å². The molecule has 0 amide bonds. The smallest absolute Gasteiger partial charge is 0.145 e. The molecular formula is C16H21ClN4O. The van der Waals surface area contributed by atoms with Gasteiger partial charge >= 0.3 is 0 Å². The third kappa shape index (κ3) is 3.10. The molecule has 1 N–H and O–H groups in total. The number of anilines is 1. The van der Waals surface area contributed by atoms with Crippen LogP contribution in [0.5, 0.6) is 0 Å². The van der Waals surface area contributed by atoms with E-state index in [0.29, 0.717) is 10.9 Å². The molecule has 6 heteroatoms. The van der Waals surface area contributed by atoms with Crippen LogP contribution in [0.4, 0.5) is 5.82 Å². The van der Waals surface area contributed by atoms with Crippen molar-refractivity contribution in [3.05, 3.63) is 41.1 Å². The molecule has 0 unspecified atom stereocenters. The molecule has 1 fully saturated rings. The summed E-state index contributed by atoms with van der Waals surface area (Å²) in [4.78, 5) is 8.77. The molecule has 1 saturated heterocycles. The zero-order valence-electron chi connectivity index (χ0n) is 12.9. The first-order valence-corrected chi connectivity index (χ1v) is 7.98. The van der Waals surface area contributed by atoms with Crippen LogP contribution in [0.25, 0.3) is 0 Å². The van der Waals surface area contributed by atoms with Crippen LogP contribution in [0.15, 0.2) is 24.7 Å². The lowest BCUT2D eigenvalue weighted by Gasteiger charge is -2.31. The highest BCUT2D eigenvalue weighted by Crippen LogP contribution is 2.33. The van der Waals surface area contributed by atoms with Gasteiger partial charge in [0.15, 0.2) is 0 Å². The van der Waals surface area contributed by atoms with Gasteiger partial charge in [-0.3, -0.25) is 0 Å². The van der Waals surface area contributed by atoms with Crippen LogP contribution >= 0.6 is 11.6 Å². The summed E-state index contributed by atoms with van der Waals surface area (Å²) in [5.41, 5.74) is 1.03. The second kappa shape index (κ2) is 6.67. The zero-order chi connectivity index (χ0) is 15.5. The normalized spacial score (nSPS) is 21.8. The molecule has 0 bridgehead atoms. The first kappa shape index (κ1) is 15.3. The van der Waals surface area contributed by atoms with Crippen LogP contribution in [0, 0.1) is 12.8 Å². The summed E-state index contributed by atoms with van der Waals surface area (Å²) >= 11 is 6.30. The van der Waals surface area contributed by atoms with Crippen molar-refractivity contribution in [1.82, 2.24) is 14.5 Å². The Morgan fingerprint density at radius 2 is 2.27 bits per heavy atom. The van der Waals surface area contributed by atoms with Gasteiger partial charge < -0.3 is 14.6 Å². The first-order valence-electron chi connectivity index (χ1n) is 7.60. The quantitative estimate of drug-likeness (QED) is 0.938. The zero-order valence-corrected chi connectivity index (χ0v) is 13.7. The monoisotopic (exact) mass is 320 g/mol. The molecular weight excluding hydrogens is 300 g/mol. The second-order valence-electron chi connectivity index (χ2n) is 5.76. The Morgan fingerprint density at radius 1 is 1.41 bits per heavy atom. The van der Waals surface area contributed by atoms with E-state index in [4.69, 9.17) is 16.3 Å². The van der Waals surface area contributed by atoms with Gasteiger partial charge in [0.25, 0.3) is 0 Å². The van der Waals surface area contributed by atoms with Crippen molar-refractivity contribution in [2.75, 3.05) is 18.5 Å². The highest BCUT2D eigenvalue weighted by Gasteiger charge is 2.30. The predicted molar refractivity (Wildman–Crippen MR) is 87.1 cm³/mol. The van der Waals surface area contributed by atoms with Crippen molar-refractivity contribution in [1.29, 1.82) is 0 Å². The van der Waals surface area contributed by atoms with E-state index in [-0.39, 0.29) is 6.10 Å². The molecule has 0 aliphatic carbocycles. The minimum absolute atomic E-state index is 0.0184. The average Bonchev–Trinajstić information content (AvgIpc) is 2.95. The van der Waals surface area contributed by atoms with Gasteiger partial charge in [0, 0.05) is 44.7 Å². The topological polar surface area (TPSA) is 52.0 Å². The van der Waals surface area contributed by atoms with E-state index < -0.39 is 0 Å². The molecule has 118 valence electrons. The molecule has 2 atom stereocenters. The number of nitrogens with one attached hydrogen (secondary N) is 1. The average molecular weight is 321 g/mol. The number of nitrogens with zero attached hydrogens (tertiary/aromatic N) is 3. The molecule has 5 nitrogen and oxygen atoms in total. The SMILES string of the molecule is Cc1ccnc(NC[C@@H]2CCCO[C@H]2c2nccn2C)c1Cl. The molecule has 1 aliphatic heterocycles. The standard InChI is InChI=1S/C16H21ClN4O/c1-11-5-6-18-15(13(11)17)20-10-12-4-3-9-22-14(12)16-19-7-8-21(16)2/h5-8,12,14H,3-4,9-10H2,1-2H3,(H,18,20)/t12-,14+/m0/s1. The van der Waals surface area contributed by atoms with Gasteiger partial charge in [-0.05, 0) is 31.4 Å². The molecule has 0 saturated carbocycles. The molecule has 0 aromatic carbocycles. The maximum Gasteiger partial charge on any atom is 0.145 e. The molecule has 2 aromatic heterocycles. The van der Waals surface area contributed by atoms with Gasteiger partial charge in [-0.2, -0.15) is 0 Å². The van der Waals surface area contributed by atoms with Gasteiger partial charge in [0.1, 0.15) is 17.7 Å². The number of hydrogen-bond donors (Lipinski definition) is 1. The Morgan fingerprint density at radius 3 is 3.05 bits per heavy atom. The Balaban J connectivity index is 1.72. The van der Waals surface area contributed by atoms with Gasteiger partial charge in [0.05, 0.1) is 5.02 Å². The number of halogens is 1. The lowest BCUT2D eigenvalue weighted by Crippen LogP contribution is -2.30. The minimum atomic E-state index is 0.0184. The van der Waals surface area contributed by atoms with Crippen LogP contribution in [0.3, 0.4) is 0 Å². The predicted octanol–water partition coefficient (Wildman–Crippen LogP) is 3.36. The highest BCUT2D eigenvalue weighted by atomic mass is 35.5. The van der Waals surface area contributed by atoms with E-state index in [9.17, 15) is 0 Å². The molecule has 3 rings (SSSR count). The number of aryl methyl sites for hydroxylation is 2. The van der Waals surface area contributed by atoms with Gasteiger partial charge in [-0.25, -0.2) is 9.97 Å². The largest absolute Gasteiger partial charge is 0.370 e. The highest BCUT2D eigenvalue weighted by molar-refractivity contribution is 6.33. The third-order valence-corrected chi connectivity index (χ3v) is 4.65. The van der Waals surface area contributed by atoms with Crippen molar-refractivity contribution < 1.29 is 4.74 Å². The Labute approximate surface area is 135 Å². The summed E-state index contributed by atoms with van der Waals surface area (Å²) in [5.74, 6) is 2.08. The summed E-state index contributed by atoms with van der Waals surface area (Å²) < 4.78 is 8.01. The number of pyridine rings is 1. The van der Waals surface area contributed by atoms with E-state index in [1.54, 1.807) is 6.20 Å². The fourth-order valence-corrected chi connectivity index (χ4v) is 3.06. The van der Waals surface area contributed by atoms with Crippen molar-refractivity contribution in [3.63, 3.8) is 0 Å². The van der Waals surface area contributed by atoms with Crippen molar-refractivity contribution in [2.45, 2.75) is 25.9 Å². The minimum Gasteiger partial charge on any atom is -0.370 e. The molecule has 1 aliphatic rings. The second-order valence-corrected chi connectivity index (χ2v) is 6.14. The molecule has 22 heavy (non-hydrogen) atoms. The summed E-state index contributed by atoms with van der Waals surface area (Å²) in [5, 5.41) is 4.06. The molecule has 0 radical (unpaired) electrons. The molecule has 0 spiro atoms. The lowest BCUT2D eigenvalue weighted by atomic mass is 9.93. The van der Waals surface area contributed by atoms with Crippen molar-refractivity contribution in [2.24, 2.45) is 13.0 Å². The maximum absolute atomic E-state index is 6.30. The lowest BCUT2D eigenvalue weighted by molar-refractivity contribution is -0.0305. The van der Waals surface area contributed by atoms with E-state index in [1.807, 2.05) is 37.0 Å².